The standard InChI is InChI=1S/C53H37N3/c1-53(2)45-22-13-21-42(51(45)44-31-37-18-9-10-19-38(37)32-46(44)53)48-33-47(54-52(55-48)36-16-7-4-8-17-36)35-24-27-40(28-25-35)56-49-23-12-11-20-41(49)43-30-39(26-29-50(43)56)34-14-5-3-6-15-34/h3-33H,1-2H3. The van der Waals surface area contributed by atoms with E-state index in [0.29, 0.717) is 5.82 Å². The summed E-state index contributed by atoms with van der Waals surface area (Å²) >= 11 is 0. The van der Waals surface area contributed by atoms with Crippen molar-refractivity contribution in [2.75, 3.05) is 0 Å². The first-order valence-electron chi connectivity index (χ1n) is 19.3. The van der Waals surface area contributed by atoms with Gasteiger partial charge in [-0.1, -0.05) is 153 Å². The van der Waals surface area contributed by atoms with Crippen LogP contribution in [0, 0.1) is 0 Å². The van der Waals surface area contributed by atoms with Crippen LogP contribution in [0.4, 0.5) is 0 Å². The van der Waals surface area contributed by atoms with Crippen molar-refractivity contribution in [2.24, 2.45) is 0 Å². The highest BCUT2D eigenvalue weighted by atomic mass is 15.0. The lowest BCUT2D eigenvalue weighted by Gasteiger charge is -2.22. The highest BCUT2D eigenvalue weighted by Crippen LogP contribution is 2.53. The fourth-order valence-electron chi connectivity index (χ4n) is 8.98. The SMILES string of the molecule is CC1(C)c2cc3ccccc3cc2-c2c(-c3cc(-c4ccc(-n5c6ccccc6c6cc(-c7ccccc7)ccc65)cc4)nc(-c4ccccc4)n3)cccc21. The van der Waals surface area contributed by atoms with Crippen LogP contribution in [0.15, 0.2) is 188 Å². The predicted molar refractivity (Wildman–Crippen MR) is 233 cm³/mol. The zero-order chi connectivity index (χ0) is 37.4. The van der Waals surface area contributed by atoms with Crippen molar-refractivity contribution in [2.45, 2.75) is 19.3 Å². The van der Waals surface area contributed by atoms with E-state index in [4.69, 9.17) is 9.97 Å². The molecule has 0 amide bonds. The summed E-state index contributed by atoms with van der Waals surface area (Å²) in [5, 5.41) is 5.00. The van der Waals surface area contributed by atoms with Gasteiger partial charge >= 0.3 is 0 Å². The summed E-state index contributed by atoms with van der Waals surface area (Å²) in [6.45, 7) is 4.69. The van der Waals surface area contributed by atoms with E-state index in [9.17, 15) is 0 Å². The minimum atomic E-state index is -0.144. The van der Waals surface area contributed by atoms with Crippen LogP contribution >= 0.6 is 0 Å². The average molecular weight is 716 g/mol. The van der Waals surface area contributed by atoms with Crippen molar-refractivity contribution in [3.63, 3.8) is 0 Å². The molecule has 2 heterocycles. The number of benzene rings is 8. The van der Waals surface area contributed by atoms with Crippen LogP contribution in [0.2, 0.25) is 0 Å². The number of hydrogen-bond acceptors (Lipinski definition) is 2. The molecule has 3 nitrogen and oxygen atoms in total. The molecule has 8 aromatic carbocycles. The van der Waals surface area contributed by atoms with Gasteiger partial charge in [0.15, 0.2) is 5.82 Å². The van der Waals surface area contributed by atoms with Gasteiger partial charge in [-0.2, -0.15) is 0 Å². The second kappa shape index (κ2) is 12.5. The lowest BCUT2D eigenvalue weighted by Crippen LogP contribution is -2.14. The van der Waals surface area contributed by atoms with Crippen LogP contribution in [-0.4, -0.2) is 14.5 Å². The smallest absolute Gasteiger partial charge is 0.160 e. The monoisotopic (exact) mass is 715 g/mol. The quantitative estimate of drug-likeness (QED) is 0.178. The zero-order valence-corrected chi connectivity index (χ0v) is 31.2. The van der Waals surface area contributed by atoms with E-state index >= 15 is 0 Å². The molecule has 1 aliphatic rings. The first-order chi connectivity index (χ1) is 27.5. The molecule has 0 unspecified atom stereocenters. The van der Waals surface area contributed by atoms with Gasteiger partial charge in [-0.25, -0.2) is 9.97 Å². The van der Waals surface area contributed by atoms with Gasteiger partial charge in [0.05, 0.1) is 22.4 Å². The molecule has 1 aliphatic carbocycles. The van der Waals surface area contributed by atoms with Crippen LogP contribution in [0.3, 0.4) is 0 Å². The first-order valence-corrected chi connectivity index (χ1v) is 19.3. The molecule has 0 bridgehead atoms. The number of rotatable bonds is 5. The normalized spacial score (nSPS) is 13.0. The topological polar surface area (TPSA) is 30.7 Å². The minimum absolute atomic E-state index is 0.144. The molecule has 2 aromatic heterocycles. The maximum absolute atomic E-state index is 5.30. The van der Waals surface area contributed by atoms with E-state index < -0.39 is 0 Å². The number of hydrogen-bond donors (Lipinski definition) is 0. The summed E-state index contributed by atoms with van der Waals surface area (Å²) in [6.07, 6.45) is 0. The Balaban J connectivity index is 1.06. The van der Waals surface area contributed by atoms with E-state index in [0.717, 1.165) is 33.8 Å². The van der Waals surface area contributed by atoms with E-state index in [2.05, 4.69) is 200 Å². The minimum Gasteiger partial charge on any atom is -0.309 e. The van der Waals surface area contributed by atoms with Crippen molar-refractivity contribution in [3.05, 3.63) is 199 Å². The Kier molecular flexibility index (Phi) is 7.20. The molecule has 0 radical (unpaired) electrons. The Morgan fingerprint density at radius 1 is 0.411 bits per heavy atom. The summed E-state index contributed by atoms with van der Waals surface area (Å²) in [4.78, 5) is 10.5. The van der Waals surface area contributed by atoms with E-state index in [1.54, 1.807) is 0 Å². The number of nitrogens with zero attached hydrogens (tertiary/aromatic N) is 3. The Morgan fingerprint density at radius 3 is 1.84 bits per heavy atom. The van der Waals surface area contributed by atoms with Gasteiger partial charge in [0, 0.05) is 38.6 Å². The third-order valence-electron chi connectivity index (χ3n) is 11.8. The van der Waals surface area contributed by atoms with Gasteiger partial charge in [0.1, 0.15) is 0 Å². The molecular weight excluding hydrogens is 679 g/mol. The number of fused-ring (bicyclic) bond motifs is 7. The molecule has 264 valence electrons. The fourth-order valence-corrected chi connectivity index (χ4v) is 8.98. The molecule has 0 saturated heterocycles. The maximum atomic E-state index is 5.30. The molecule has 0 atom stereocenters. The van der Waals surface area contributed by atoms with Gasteiger partial charge in [0.2, 0.25) is 0 Å². The summed E-state index contributed by atoms with van der Waals surface area (Å²) < 4.78 is 2.38. The van der Waals surface area contributed by atoms with Crippen molar-refractivity contribution < 1.29 is 0 Å². The fraction of sp³-hybridized carbons (Fsp3) is 0.0566. The molecule has 0 N–H and O–H groups in total. The lowest BCUT2D eigenvalue weighted by atomic mass is 9.81. The third kappa shape index (κ3) is 5.05. The van der Waals surface area contributed by atoms with Gasteiger partial charge < -0.3 is 4.57 Å². The Labute approximate surface area is 326 Å². The second-order valence-electron chi connectivity index (χ2n) is 15.4. The molecule has 10 aromatic rings. The second-order valence-corrected chi connectivity index (χ2v) is 15.4. The third-order valence-corrected chi connectivity index (χ3v) is 11.8. The van der Waals surface area contributed by atoms with Crippen LogP contribution in [-0.2, 0) is 5.41 Å². The molecule has 56 heavy (non-hydrogen) atoms. The van der Waals surface area contributed by atoms with Gasteiger partial charge in [-0.3, -0.25) is 0 Å². The summed E-state index contributed by atoms with van der Waals surface area (Å²) in [7, 11) is 0. The van der Waals surface area contributed by atoms with Crippen LogP contribution in [0.25, 0.3) is 94.4 Å². The van der Waals surface area contributed by atoms with E-state index in [-0.39, 0.29) is 5.41 Å². The summed E-state index contributed by atoms with van der Waals surface area (Å²) in [5.41, 5.74) is 16.0. The van der Waals surface area contributed by atoms with Crippen molar-refractivity contribution in [3.8, 4) is 61.8 Å². The van der Waals surface area contributed by atoms with Crippen molar-refractivity contribution in [1.82, 2.24) is 14.5 Å². The van der Waals surface area contributed by atoms with Gasteiger partial charge in [-0.15, -0.1) is 0 Å². The molecular formula is C53H37N3. The zero-order valence-electron chi connectivity index (χ0n) is 31.2. The number of para-hydroxylation sites is 1. The average Bonchev–Trinajstić information content (AvgIpc) is 3.71. The lowest BCUT2D eigenvalue weighted by molar-refractivity contribution is 0.661. The molecule has 0 fully saturated rings. The maximum Gasteiger partial charge on any atom is 0.160 e. The molecule has 0 saturated carbocycles. The van der Waals surface area contributed by atoms with Crippen molar-refractivity contribution in [1.29, 1.82) is 0 Å². The Hall–Kier alpha value is -7.10. The van der Waals surface area contributed by atoms with Crippen LogP contribution in [0.1, 0.15) is 25.0 Å². The molecule has 3 heteroatoms. The molecule has 11 rings (SSSR count). The highest BCUT2D eigenvalue weighted by molar-refractivity contribution is 6.10. The largest absolute Gasteiger partial charge is 0.309 e. The predicted octanol–water partition coefficient (Wildman–Crippen LogP) is 13.7. The van der Waals surface area contributed by atoms with Crippen LogP contribution < -0.4 is 0 Å². The Bertz CT molecular complexity index is 3140. The summed E-state index contributed by atoms with van der Waals surface area (Å²) in [5.74, 6) is 0.715. The van der Waals surface area contributed by atoms with E-state index in [1.807, 2.05) is 6.07 Å². The Morgan fingerprint density at radius 2 is 1.05 bits per heavy atom. The van der Waals surface area contributed by atoms with Gasteiger partial charge in [0.25, 0.3) is 0 Å². The highest BCUT2D eigenvalue weighted by Gasteiger charge is 2.37. The molecule has 0 aliphatic heterocycles. The van der Waals surface area contributed by atoms with Crippen LogP contribution in [0.5, 0.6) is 0 Å². The first kappa shape index (κ1) is 32.3. The number of aromatic nitrogens is 3. The van der Waals surface area contributed by atoms with Crippen molar-refractivity contribution >= 4 is 32.6 Å². The van der Waals surface area contributed by atoms with E-state index in [1.165, 1.54) is 66.0 Å². The summed E-state index contributed by atoms with van der Waals surface area (Å²) in [6, 6.07) is 67.6. The van der Waals surface area contributed by atoms with Gasteiger partial charge in [-0.05, 0) is 92.7 Å². The molecule has 0 spiro atoms.